The van der Waals surface area contributed by atoms with E-state index in [1.807, 2.05) is 51.2 Å². The van der Waals surface area contributed by atoms with Crippen LogP contribution in [-0.2, 0) is 18.3 Å². The van der Waals surface area contributed by atoms with Crippen molar-refractivity contribution in [3.05, 3.63) is 47.2 Å². The predicted octanol–water partition coefficient (Wildman–Crippen LogP) is 2.22. The van der Waals surface area contributed by atoms with Crippen LogP contribution in [-0.4, -0.2) is 15.7 Å². The van der Waals surface area contributed by atoms with Gasteiger partial charge in [0.1, 0.15) is 5.82 Å². The molecule has 2 rings (SSSR count). The number of aryl methyl sites for hydroxylation is 3. The number of carbonyl (C=O) groups excluding carboxylic acids is 1. The maximum absolute atomic E-state index is 11.9. The number of hydrogen-bond acceptors (Lipinski definition) is 2. The first kappa shape index (κ1) is 12.4. The van der Waals surface area contributed by atoms with E-state index in [1.54, 1.807) is 4.68 Å². The Labute approximate surface area is 107 Å². The van der Waals surface area contributed by atoms with Crippen molar-refractivity contribution in [1.82, 2.24) is 9.78 Å². The third-order valence-electron chi connectivity index (χ3n) is 2.75. The maximum atomic E-state index is 11.9. The zero-order chi connectivity index (χ0) is 13.1. The number of amides is 1. The van der Waals surface area contributed by atoms with E-state index in [-0.39, 0.29) is 5.91 Å². The molecule has 0 aliphatic rings. The van der Waals surface area contributed by atoms with E-state index in [0.717, 1.165) is 17.1 Å². The molecule has 0 fully saturated rings. The SMILES string of the molecule is Cc1ccc(CC(=O)Nc2cc(C)nn2C)cc1. The molecular formula is C14H17N3O. The third-order valence-corrected chi connectivity index (χ3v) is 2.75. The summed E-state index contributed by atoms with van der Waals surface area (Å²) >= 11 is 0. The van der Waals surface area contributed by atoms with E-state index < -0.39 is 0 Å². The van der Waals surface area contributed by atoms with E-state index in [2.05, 4.69) is 10.4 Å². The van der Waals surface area contributed by atoms with Crippen LogP contribution in [0, 0.1) is 13.8 Å². The van der Waals surface area contributed by atoms with E-state index in [1.165, 1.54) is 5.56 Å². The van der Waals surface area contributed by atoms with Crippen molar-refractivity contribution in [2.45, 2.75) is 20.3 Å². The molecule has 1 aromatic heterocycles. The molecule has 0 aliphatic heterocycles. The van der Waals surface area contributed by atoms with Crippen LogP contribution in [0.25, 0.3) is 0 Å². The molecule has 0 spiro atoms. The zero-order valence-electron chi connectivity index (χ0n) is 10.9. The smallest absolute Gasteiger partial charge is 0.229 e. The highest BCUT2D eigenvalue weighted by atomic mass is 16.1. The summed E-state index contributed by atoms with van der Waals surface area (Å²) in [6.07, 6.45) is 0.379. The van der Waals surface area contributed by atoms with Crippen LogP contribution < -0.4 is 5.32 Å². The van der Waals surface area contributed by atoms with Crippen molar-refractivity contribution in [2.75, 3.05) is 5.32 Å². The lowest BCUT2D eigenvalue weighted by Crippen LogP contribution is -2.16. The largest absolute Gasteiger partial charge is 0.311 e. The van der Waals surface area contributed by atoms with Gasteiger partial charge in [-0.1, -0.05) is 29.8 Å². The highest BCUT2D eigenvalue weighted by molar-refractivity contribution is 5.91. The molecule has 1 heterocycles. The summed E-state index contributed by atoms with van der Waals surface area (Å²) in [4.78, 5) is 11.9. The van der Waals surface area contributed by atoms with Gasteiger partial charge in [-0.15, -0.1) is 0 Å². The van der Waals surface area contributed by atoms with E-state index in [9.17, 15) is 4.79 Å². The highest BCUT2D eigenvalue weighted by Crippen LogP contribution is 2.09. The average molecular weight is 243 g/mol. The molecule has 1 aromatic carbocycles. The Morgan fingerprint density at radius 1 is 1.28 bits per heavy atom. The normalized spacial score (nSPS) is 10.4. The fourth-order valence-corrected chi connectivity index (χ4v) is 1.81. The fourth-order valence-electron chi connectivity index (χ4n) is 1.81. The Kier molecular flexibility index (Phi) is 3.46. The van der Waals surface area contributed by atoms with Gasteiger partial charge in [0.25, 0.3) is 0 Å². The summed E-state index contributed by atoms with van der Waals surface area (Å²) in [5.74, 6) is 0.700. The topological polar surface area (TPSA) is 46.9 Å². The second-order valence-electron chi connectivity index (χ2n) is 4.51. The number of aromatic nitrogens is 2. The Morgan fingerprint density at radius 2 is 1.94 bits per heavy atom. The fraction of sp³-hybridized carbons (Fsp3) is 0.286. The second kappa shape index (κ2) is 5.04. The van der Waals surface area contributed by atoms with Crippen LogP contribution in [0.3, 0.4) is 0 Å². The van der Waals surface area contributed by atoms with E-state index >= 15 is 0 Å². The highest BCUT2D eigenvalue weighted by Gasteiger charge is 2.07. The lowest BCUT2D eigenvalue weighted by molar-refractivity contribution is -0.115. The number of nitrogens with one attached hydrogen (secondary N) is 1. The second-order valence-corrected chi connectivity index (χ2v) is 4.51. The maximum Gasteiger partial charge on any atom is 0.229 e. The number of nitrogens with zero attached hydrogens (tertiary/aromatic N) is 2. The monoisotopic (exact) mass is 243 g/mol. The number of rotatable bonds is 3. The van der Waals surface area contributed by atoms with E-state index in [0.29, 0.717) is 6.42 Å². The van der Waals surface area contributed by atoms with Gasteiger partial charge in [-0.05, 0) is 19.4 Å². The van der Waals surface area contributed by atoms with Gasteiger partial charge in [-0.25, -0.2) is 0 Å². The number of benzene rings is 1. The van der Waals surface area contributed by atoms with Crippen LogP contribution in [0.1, 0.15) is 16.8 Å². The zero-order valence-corrected chi connectivity index (χ0v) is 10.9. The summed E-state index contributed by atoms with van der Waals surface area (Å²) < 4.78 is 1.67. The van der Waals surface area contributed by atoms with Crippen molar-refractivity contribution in [2.24, 2.45) is 7.05 Å². The number of hydrogen-bond donors (Lipinski definition) is 1. The van der Waals surface area contributed by atoms with Gasteiger partial charge in [0.2, 0.25) is 5.91 Å². The van der Waals surface area contributed by atoms with Crippen LogP contribution in [0.15, 0.2) is 30.3 Å². The van der Waals surface area contributed by atoms with Crippen molar-refractivity contribution >= 4 is 11.7 Å². The minimum absolute atomic E-state index is 0.0261. The Morgan fingerprint density at radius 3 is 2.50 bits per heavy atom. The predicted molar refractivity (Wildman–Crippen MR) is 71.5 cm³/mol. The molecule has 0 aliphatic carbocycles. The molecule has 1 N–H and O–H groups in total. The molecule has 0 saturated heterocycles. The molecule has 0 atom stereocenters. The molecule has 0 unspecified atom stereocenters. The van der Waals surface area contributed by atoms with Gasteiger partial charge in [-0.3, -0.25) is 9.48 Å². The van der Waals surface area contributed by atoms with Crippen molar-refractivity contribution < 1.29 is 4.79 Å². The molecule has 0 saturated carbocycles. The summed E-state index contributed by atoms with van der Waals surface area (Å²) in [5, 5.41) is 7.04. The number of anilines is 1. The first-order valence-corrected chi connectivity index (χ1v) is 5.90. The standard InChI is InChI=1S/C14H17N3O/c1-10-4-6-12(7-5-10)9-14(18)15-13-8-11(2)16-17(13)3/h4-8H,9H2,1-3H3,(H,15,18). The molecule has 4 heteroatoms. The van der Waals surface area contributed by atoms with Gasteiger partial charge < -0.3 is 5.32 Å². The van der Waals surface area contributed by atoms with Gasteiger partial charge in [-0.2, -0.15) is 5.10 Å². The first-order valence-electron chi connectivity index (χ1n) is 5.90. The van der Waals surface area contributed by atoms with Gasteiger partial charge in [0, 0.05) is 13.1 Å². The summed E-state index contributed by atoms with van der Waals surface area (Å²) in [7, 11) is 1.81. The minimum Gasteiger partial charge on any atom is -0.311 e. The summed E-state index contributed by atoms with van der Waals surface area (Å²) in [6, 6.07) is 9.83. The van der Waals surface area contributed by atoms with Crippen LogP contribution >= 0.6 is 0 Å². The molecule has 0 radical (unpaired) electrons. The quantitative estimate of drug-likeness (QED) is 0.898. The van der Waals surface area contributed by atoms with Crippen molar-refractivity contribution in [1.29, 1.82) is 0 Å². The van der Waals surface area contributed by atoms with Gasteiger partial charge >= 0.3 is 0 Å². The third kappa shape index (κ3) is 2.97. The minimum atomic E-state index is -0.0261. The first-order chi connectivity index (χ1) is 8.54. The van der Waals surface area contributed by atoms with Crippen LogP contribution in [0.4, 0.5) is 5.82 Å². The van der Waals surface area contributed by atoms with E-state index in [4.69, 9.17) is 0 Å². The Bertz CT molecular complexity index is 555. The van der Waals surface area contributed by atoms with Crippen molar-refractivity contribution in [3.63, 3.8) is 0 Å². The number of carbonyl (C=O) groups is 1. The molecule has 18 heavy (non-hydrogen) atoms. The molecular weight excluding hydrogens is 226 g/mol. The lowest BCUT2D eigenvalue weighted by atomic mass is 10.1. The molecule has 2 aromatic rings. The van der Waals surface area contributed by atoms with Crippen molar-refractivity contribution in [3.8, 4) is 0 Å². The van der Waals surface area contributed by atoms with Gasteiger partial charge in [0.05, 0.1) is 12.1 Å². The Balaban J connectivity index is 2.01. The molecule has 0 bridgehead atoms. The summed E-state index contributed by atoms with van der Waals surface area (Å²) in [6.45, 7) is 3.93. The van der Waals surface area contributed by atoms with Crippen LogP contribution in [0.5, 0.6) is 0 Å². The average Bonchev–Trinajstić information content (AvgIpc) is 2.61. The Hall–Kier alpha value is -2.10. The molecule has 94 valence electrons. The summed E-state index contributed by atoms with van der Waals surface area (Å²) in [5.41, 5.74) is 3.10. The molecule has 1 amide bonds. The van der Waals surface area contributed by atoms with Gasteiger partial charge in [0.15, 0.2) is 0 Å². The van der Waals surface area contributed by atoms with Crippen LogP contribution in [0.2, 0.25) is 0 Å². The molecule has 4 nitrogen and oxygen atoms in total. The lowest BCUT2D eigenvalue weighted by Gasteiger charge is -2.05.